The van der Waals surface area contributed by atoms with E-state index in [4.69, 9.17) is 9.47 Å². The standard InChI is InChI=1S/C25H36O8/c1-7-18(27)32-21-14(4)25(31)16(22(23(21,5)6)33-19(28)8-2)10-15(12-26)11-24(30)17(25)9-13(3)20(24)29/h9-10,14,16-17,21-22,26,30-31H,7-8,11-12H2,1-6H3/t14-,16+,17-,21-,22-,24-,25-/m1/s1. The minimum atomic E-state index is -1.96. The molecule has 3 N–H and O–H groups in total. The average molecular weight is 465 g/mol. The lowest BCUT2D eigenvalue weighted by molar-refractivity contribution is -0.257. The van der Waals surface area contributed by atoms with Gasteiger partial charge in [-0.25, -0.2) is 0 Å². The summed E-state index contributed by atoms with van der Waals surface area (Å²) in [6, 6.07) is 0. The van der Waals surface area contributed by atoms with Gasteiger partial charge >= 0.3 is 11.9 Å². The Bertz CT molecular complexity index is 902. The highest BCUT2D eigenvalue weighted by Crippen LogP contribution is 2.59. The molecule has 0 unspecified atom stereocenters. The maximum atomic E-state index is 13.0. The highest BCUT2D eigenvalue weighted by molar-refractivity contribution is 6.04. The Hall–Kier alpha value is -2.03. The maximum Gasteiger partial charge on any atom is 0.305 e. The Labute approximate surface area is 194 Å². The SMILES string of the molecule is CCC(=O)O[C@@H]1[C@@H](C)[C@@]2(O)[C@@H](C=C(CO)C[C@]3(O)C(=O)C(C)=C[C@@H]23)[C@@H](OC(=O)CC)C1(C)C. The summed E-state index contributed by atoms with van der Waals surface area (Å²) in [5, 5.41) is 34.0. The number of ether oxygens (including phenoxy) is 2. The molecule has 1 saturated carbocycles. The molecule has 7 atom stereocenters. The predicted molar refractivity (Wildman–Crippen MR) is 119 cm³/mol. The first-order chi connectivity index (χ1) is 15.3. The van der Waals surface area contributed by atoms with Crippen molar-refractivity contribution in [1.82, 2.24) is 0 Å². The molecule has 8 nitrogen and oxygen atoms in total. The van der Waals surface area contributed by atoms with Crippen LogP contribution in [0.5, 0.6) is 0 Å². The summed E-state index contributed by atoms with van der Waals surface area (Å²) >= 11 is 0. The lowest BCUT2D eigenvalue weighted by Gasteiger charge is -2.59. The Morgan fingerprint density at radius 2 is 1.61 bits per heavy atom. The molecule has 1 fully saturated rings. The topological polar surface area (TPSA) is 130 Å². The van der Waals surface area contributed by atoms with Crippen molar-refractivity contribution < 1.29 is 39.2 Å². The number of hydrogen-bond donors (Lipinski definition) is 3. The van der Waals surface area contributed by atoms with Crippen molar-refractivity contribution >= 4 is 17.7 Å². The van der Waals surface area contributed by atoms with Crippen molar-refractivity contribution in [3.63, 3.8) is 0 Å². The molecule has 0 radical (unpaired) electrons. The molecule has 0 spiro atoms. The van der Waals surface area contributed by atoms with Crippen molar-refractivity contribution in [1.29, 1.82) is 0 Å². The van der Waals surface area contributed by atoms with Gasteiger partial charge in [0.2, 0.25) is 0 Å². The fourth-order valence-corrected chi connectivity index (χ4v) is 6.12. The fourth-order valence-electron chi connectivity index (χ4n) is 6.12. The van der Waals surface area contributed by atoms with Gasteiger partial charge in [0.15, 0.2) is 5.78 Å². The molecule has 0 aromatic carbocycles. The van der Waals surface area contributed by atoms with Gasteiger partial charge in [0.05, 0.1) is 12.2 Å². The van der Waals surface area contributed by atoms with E-state index in [9.17, 15) is 29.7 Å². The molecule has 184 valence electrons. The van der Waals surface area contributed by atoms with Crippen LogP contribution < -0.4 is 0 Å². The summed E-state index contributed by atoms with van der Waals surface area (Å²) < 4.78 is 11.7. The molecular weight excluding hydrogens is 428 g/mol. The van der Waals surface area contributed by atoms with Gasteiger partial charge in [0.25, 0.3) is 0 Å². The zero-order valence-electron chi connectivity index (χ0n) is 20.3. The lowest BCUT2D eigenvalue weighted by atomic mass is 9.52. The van der Waals surface area contributed by atoms with Crippen molar-refractivity contribution in [2.24, 2.45) is 23.2 Å². The van der Waals surface area contributed by atoms with E-state index in [1.54, 1.807) is 39.8 Å². The zero-order chi connectivity index (χ0) is 24.9. The third kappa shape index (κ3) is 3.76. The molecule has 0 amide bonds. The number of carbonyl (C=O) groups is 3. The average Bonchev–Trinajstić information content (AvgIpc) is 2.94. The highest BCUT2D eigenvalue weighted by Gasteiger charge is 2.70. The molecule has 0 aromatic heterocycles. The molecule has 3 rings (SSSR count). The third-order valence-corrected chi connectivity index (χ3v) is 7.90. The van der Waals surface area contributed by atoms with Gasteiger partial charge in [-0.3, -0.25) is 14.4 Å². The fraction of sp³-hybridized carbons (Fsp3) is 0.720. The Morgan fingerprint density at radius 3 is 2.12 bits per heavy atom. The number of esters is 2. The summed E-state index contributed by atoms with van der Waals surface area (Å²) in [6.45, 7) is 9.83. The van der Waals surface area contributed by atoms with E-state index in [1.807, 2.05) is 13.8 Å². The van der Waals surface area contributed by atoms with E-state index in [0.29, 0.717) is 11.1 Å². The van der Waals surface area contributed by atoms with E-state index in [0.717, 1.165) is 0 Å². The number of aliphatic hydroxyl groups is 3. The largest absolute Gasteiger partial charge is 0.461 e. The van der Waals surface area contributed by atoms with Gasteiger partial charge in [0, 0.05) is 42.4 Å². The van der Waals surface area contributed by atoms with Gasteiger partial charge in [0.1, 0.15) is 17.8 Å². The second kappa shape index (κ2) is 8.64. The van der Waals surface area contributed by atoms with Crippen LogP contribution in [0.2, 0.25) is 0 Å². The monoisotopic (exact) mass is 464 g/mol. The molecule has 3 aliphatic rings. The molecule has 0 bridgehead atoms. The molecule has 0 aliphatic heterocycles. The zero-order valence-corrected chi connectivity index (χ0v) is 20.3. The van der Waals surface area contributed by atoms with E-state index in [2.05, 4.69) is 0 Å². The second-order valence-corrected chi connectivity index (χ2v) is 10.3. The van der Waals surface area contributed by atoms with Crippen LogP contribution in [0.25, 0.3) is 0 Å². The molecule has 8 heteroatoms. The quantitative estimate of drug-likeness (QED) is 0.415. The number of carbonyl (C=O) groups excluding carboxylic acids is 3. The number of aliphatic hydroxyl groups excluding tert-OH is 1. The summed E-state index contributed by atoms with van der Waals surface area (Å²) in [5.41, 5.74) is -3.98. The van der Waals surface area contributed by atoms with Crippen LogP contribution in [0.15, 0.2) is 23.3 Å². The van der Waals surface area contributed by atoms with E-state index >= 15 is 0 Å². The third-order valence-electron chi connectivity index (χ3n) is 7.90. The summed E-state index contributed by atoms with van der Waals surface area (Å²) in [5.74, 6) is -4.09. The van der Waals surface area contributed by atoms with Crippen LogP contribution in [0.4, 0.5) is 0 Å². The van der Waals surface area contributed by atoms with Crippen molar-refractivity contribution in [2.75, 3.05) is 6.61 Å². The van der Waals surface area contributed by atoms with Crippen molar-refractivity contribution in [3.8, 4) is 0 Å². The molecule has 0 aromatic rings. The minimum absolute atomic E-state index is 0.105. The van der Waals surface area contributed by atoms with Gasteiger partial charge in [-0.2, -0.15) is 0 Å². The Morgan fingerprint density at radius 1 is 1.06 bits per heavy atom. The van der Waals surface area contributed by atoms with Crippen molar-refractivity contribution in [2.45, 2.75) is 84.2 Å². The first kappa shape index (κ1) is 25.6. The van der Waals surface area contributed by atoms with Gasteiger partial charge in [-0.1, -0.05) is 46.8 Å². The first-order valence-corrected chi connectivity index (χ1v) is 11.7. The van der Waals surface area contributed by atoms with E-state index in [1.165, 1.54) is 0 Å². The number of ketones is 1. The predicted octanol–water partition coefficient (Wildman–Crippen LogP) is 1.85. The molecule has 33 heavy (non-hydrogen) atoms. The minimum Gasteiger partial charge on any atom is -0.461 e. The van der Waals surface area contributed by atoms with Crippen LogP contribution in [-0.4, -0.2) is 63.1 Å². The molecule has 0 saturated heterocycles. The van der Waals surface area contributed by atoms with Crippen LogP contribution in [-0.2, 0) is 23.9 Å². The smallest absolute Gasteiger partial charge is 0.305 e. The second-order valence-electron chi connectivity index (χ2n) is 10.3. The number of fused-ring (bicyclic) bond motifs is 3. The van der Waals surface area contributed by atoms with Gasteiger partial charge in [-0.05, 0) is 18.1 Å². The molecule has 0 heterocycles. The van der Waals surface area contributed by atoms with Crippen LogP contribution in [0, 0.1) is 23.2 Å². The lowest BCUT2D eigenvalue weighted by Crippen LogP contribution is -2.70. The number of hydrogen-bond acceptors (Lipinski definition) is 8. The van der Waals surface area contributed by atoms with Gasteiger partial charge in [-0.15, -0.1) is 0 Å². The van der Waals surface area contributed by atoms with Crippen molar-refractivity contribution in [3.05, 3.63) is 23.3 Å². The summed E-state index contributed by atoms with van der Waals surface area (Å²) in [6.07, 6.45) is 1.48. The van der Waals surface area contributed by atoms with E-state index in [-0.39, 0.29) is 19.3 Å². The molecule has 3 aliphatic carbocycles. The van der Waals surface area contributed by atoms with E-state index < -0.39 is 70.9 Å². The maximum absolute atomic E-state index is 13.0. The normalized spacial score (nSPS) is 39.5. The van der Waals surface area contributed by atoms with Crippen LogP contribution >= 0.6 is 0 Å². The summed E-state index contributed by atoms with van der Waals surface area (Å²) in [7, 11) is 0. The Balaban J connectivity index is 2.28. The van der Waals surface area contributed by atoms with Crippen LogP contribution in [0.1, 0.15) is 60.8 Å². The highest BCUT2D eigenvalue weighted by atomic mass is 16.6. The van der Waals surface area contributed by atoms with Crippen LogP contribution in [0.3, 0.4) is 0 Å². The van der Waals surface area contributed by atoms with Gasteiger partial charge < -0.3 is 24.8 Å². The number of Topliss-reactive ketones (excluding diaryl/α,β-unsaturated/α-hetero) is 1. The summed E-state index contributed by atoms with van der Waals surface area (Å²) in [4.78, 5) is 37.8. The Kier molecular flexibility index (Phi) is 6.70. The molecular formula is C25H36O8. The number of rotatable bonds is 5. The first-order valence-electron chi connectivity index (χ1n) is 11.7.